The lowest BCUT2D eigenvalue weighted by Gasteiger charge is -2.08. The zero-order chi connectivity index (χ0) is 13.3. The number of nitrogens with one attached hydrogen (secondary N) is 1. The maximum absolute atomic E-state index is 11.8. The van der Waals surface area contributed by atoms with Gasteiger partial charge in [-0.25, -0.2) is 4.79 Å². The third-order valence-corrected chi connectivity index (χ3v) is 4.17. The van der Waals surface area contributed by atoms with Crippen LogP contribution in [-0.4, -0.2) is 25.0 Å². The van der Waals surface area contributed by atoms with Gasteiger partial charge in [-0.05, 0) is 31.7 Å². The second-order valence-corrected chi connectivity index (χ2v) is 5.44. The summed E-state index contributed by atoms with van der Waals surface area (Å²) in [6.07, 6.45) is 2.87. The molecule has 1 heterocycles. The molecule has 3 N–H and O–H groups in total. The second-order valence-electron chi connectivity index (χ2n) is 4.33. The van der Waals surface area contributed by atoms with Crippen molar-refractivity contribution in [3.05, 3.63) is 16.0 Å². The minimum absolute atomic E-state index is 0.292. The third-order valence-electron chi connectivity index (χ3n) is 2.96. The van der Waals surface area contributed by atoms with Gasteiger partial charge in [-0.1, -0.05) is 0 Å². The fraction of sp³-hybridized carbons (Fsp3) is 0.500. The topological polar surface area (TPSA) is 81.4 Å². The summed E-state index contributed by atoms with van der Waals surface area (Å²) < 4.78 is 4.79. The van der Waals surface area contributed by atoms with Crippen molar-refractivity contribution >= 4 is 28.2 Å². The zero-order valence-corrected chi connectivity index (χ0v) is 11.2. The van der Waals surface area contributed by atoms with E-state index in [0.717, 1.165) is 29.7 Å². The molecule has 2 rings (SSSR count). The lowest BCUT2D eigenvalue weighted by molar-refractivity contribution is -0.117. The van der Waals surface area contributed by atoms with Gasteiger partial charge in [0.1, 0.15) is 5.00 Å². The largest absolute Gasteiger partial charge is 0.465 e. The van der Waals surface area contributed by atoms with Gasteiger partial charge >= 0.3 is 5.97 Å². The Hall–Kier alpha value is -1.40. The molecule has 0 saturated heterocycles. The van der Waals surface area contributed by atoms with Crippen LogP contribution in [0, 0.1) is 0 Å². The average Bonchev–Trinajstić information content (AvgIpc) is 2.87. The molecule has 0 aromatic carbocycles. The van der Waals surface area contributed by atoms with Crippen LogP contribution in [-0.2, 0) is 22.4 Å². The number of esters is 1. The third kappa shape index (κ3) is 2.26. The number of anilines is 1. The number of carbonyl (C=O) groups excluding carboxylic acids is 2. The van der Waals surface area contributed by atoms with Gasteiger partial charge in [-0.3, -0.25) is 4.79 Å². The molecule has 1 aliphatic carbocycles. The van der Waals surface area contributed by atoms with Crippen molar-refractivity contribution in [1.29, 1.82) is 0 Å². The van der Waals surface area contributed by atoms with Crippen LogP contribution in [0.4, 0.5) is 5.00 Å². The van der Waals surface area contributed by atoms with Crippen molar-refractivity contribution in [2.24, 2.45) is 5.73 Å². The molecule has 1 atom stereocenters. The highest BCUT2D eigenvalue weighted by atomic mass is 32.1. The summed E-state index contributed by atoms with van der Waals surface area (Å²) in [5.41, 5.74) is 7.03. The molecule has 0 fully saturated rings. The standard InChI is InChI=1S/C12H16N2O3S/c1-6(13)10(15)14-11-9(12(16)17-2)7-4-3-5-8(7)18-11/h6H,3-5,13H2,1-2H3,(H,14,15). The monoisotopic (exact) mass is 268 g/mol. The lowest BCUT2D eigenvalue weighted by atomic mass is 10.1. The minimum atomic E-state index is -0.604. The molecule has 0 bridgehead atoms. The first-order valence-corrected chi connectivity index (χ1v) is 6.65. The molecule has 1 aliphatic rings. The summed E-state index contributed by atoms with van der Waals surface area (Å²) in [6, 6.07) is -0.604. The van der Waals surface area contributed by atoms with E-state index >= 15 is 0 Å². The van der Waals surface area contributed by atoms with Gasteiger partial charge in [0.15, 0.2) is 0 Å². The molecule has 1 aromatic rings. The maximum atomic E-state index is 11.8. The number of carbonyl (C=O) groups is 2. The van der Waals surface area contributed by atoms with Crippen LogP contribution >= 0.6 is 11.3 Å². The van der Waals surface area contributed by atoms with E-state index in [0.29, 0.717) is 10.6 Å². The Kier molecular flexibility index (Phi) is 3.68. The predicted molar refractivity (Wildman–Crippen MR) is 70.0 cm³/mol. The van der Waals surface area contributed by atoms with E-state index in [1.807, 2.05) is 0 Å². The van der Waals surface area contributed by atoms with E-state index in [9.17, 15) is 9.59 Å². The van der Waals surface area contributed by atoms with Crippen LogP contribution < -0.4 is 11.1 Å². The highest BCUT2D eigenvalue weighted by molar-refractivity contribution is 7.17. The highest BCUT2D eigenvalue weighted by Crippen LogP contribution is 2.39. The Bertz CT molecular complexity index is 494. The van der Waals surface area contributed by atoms with Crippen LogP contribution in [0.5, 0.6) is 0 Å². The molecular formula is C12H16N2O3S. The van der Waals surface area contributed by atoms with Crippen LogP contribution in [0.15, 0.2) is 0 Å². The molecular weight excluding hydrogens is 252 g/mol. The number of ether oxygens (including phenoxy) is 1. The molecule has 0 aliphatic heterocycles. The van der Waals surface area contributed by atoms with Gasteiger partial charge < -0.3 is 15.8 Å². The molecule has 1 unspecified atom stereocenters. The Balaban J connectivity index is 2.35. The first-order chi connectivity index (χ1) is 8.54. The Labute approximate surface area is 109 Å². The van der Waals surface area contributed by atoms with E-state index in [4.69, 9.17) is 10.5 Å². The molecule has 5 nitrogen and oxygen atoms in total. The fourth-order valence-corrected chi connectivity index (χ4v) is 3.32. The van der Waals surface area contributed by atoms with Crippen molar-refractivity contribution in [3.8, 4) is 0 Å². The van der Waals surface area contributed by atoms with Gasteiger partial charge in [0.05, 0.1) is 18.7 Å². The van der Waals surface area contributed by atoms with E-state index in [2.05, 4.69) is 5.32 Å². The summed E-state index contributed by atoms with van der Waals surface area (Å²) in [4.78, 5) is 24.6. The molecule has 98 valence electrons. The van der Waals surface area contributed by atoms with Gasteiger partial charge in [0.2, 0.25) is 5.91 Å². The van der Waals surface area contributed by atoms with E-state index in [-0.39, 0.29) is 5.91 Å². The van der Waals surface area contributed by atoms with E-state index < -0.39 is 12.0 Å². The van der Waals surface area contributed by atoms with Crippen molar-refractivity contribution in [1.82, 2.24) is 0 Å². The number of amides is 1. The smallest absolute Gasteiger partial charge is 0.341 e. The molecule has 0 saturated carbocycles. The Morgan fingerprint density at radius 2 is 2.17 bits per heavy atom. The molecule has 1 amide bonds. The quantitative estimate of drug-likeness (QED) is 0.810. The lowest BCUT2D eigenvalue weighted by Crippen LogP contribution is -2.32. The number of nitrogens with two attached hydrogens (primary N) is 1. The number of hydrogen-bond acceptors (Lipinski definition) is 5. The molecule has 0 radical (unpaired) electrons. The van der Waals surface area contributed by atoms with E-state index in [1.165, 1.54) is 18.4 Å². The maximum Gasteiger partial charge on any atom is 0.341 e. The fourth-order valence-electron chi connectivity index (χ4n) is 2.04. The number of fused-ring (bicyclic) bond motifs is 1. The predicted octanol–water partition coefficient (Wildman–Crippen LogP) is 1.31. The molecule has 6 heteroatoms. The highest BCUT2D eigenvalue weighted by Gasteiger charge is 2.28. The average molecular weight is 268 g/mol. The van der Waals surface area contributed by atoms with Gasteiger partial charge in [0, 0.05) is 4.88 Å². The summed E-state index contributed by atoms with van der Waals surface area (Å²) in [5.74, 6) is -0.686. The van der Waals surface area contributed by atoms with Crippen molar-refractivity contribution < 1.29 is 14.3 Å². The summed E-state index contributed by atoms with van der Waals surface area (Å²) in [5, 5.41) is 3.27. The number of thiophene rings is 1. The number of hydrogen-bond donors (Lipinski definition) is 2. The van der Waals surface area contributed by atoms with Crippen LogP contribution in [0.3, 0.4) is 0 Å². The van der Waals surface area contributed by atoms with Crippen molar-refractivity contribution in [2.75, 3.05) is 12.4 Å². The number of rotatable bonds is 3. The first kappa shape index (κ1) is 13.0. The van der Waals surface area contributed by atoms with Crippen LogP contribution in [0.1, 0.15) is 34.1 Å². The van der Waals surface area contributed by atoms with Gasteiger partial charge in [-0.2, -0.15) is 0 Å². The van der Waals surface area contributed by atoms with Gasteiger partial charge in [-0.15, -0.1) is 11.3 Å². The molecule has 1 aromatic heterocycles. The summed E-state index contributed by atoms with van der Waals surface area (Å²) in [6.45, 7) is 1.61. The van der Waals surface area contributed by atoms with E-state index in [1.54, 1.807) is 6.92 Å². The first-order valence-electron chi connectivity index (χ1n) is 5.84. The second kappa shape index (κ2) is 5.07. The van der Waals surface area contributed by atoms with Crippen molar-refractivity contribution in [2.45, 2.75) is 32.2 Å². The molecule has 0 spiro atoms. The Morgan fingerprint density at radius 3 is 2.78 bits per heavy atom. The minimum Gasteiger partial charge on any atom is -0.465 e. The zero-order valence-electron chi connectivity index (χ0n) is 10.4. The normalized spacial score (nSPS) is 15.1. The Morgan fingerprint density at radius 1 is 1.44 bits per heavy atom. The van der Waals surface area contributed by atoms with Crippen molar-refractivity contribution in [3.63, 3.8) is 0 Å². The molecule has 18 heavy (non-hydrogen) atoms. The summed E-state index contributed by atoms with van der Waals surface area (Å²) >= 11 is 1.45. The SMILES string of the molecule is COC(=O)c1c(NC(=O)C(C)N)sc2c1CCC2. The number of aryl methyl sites for hydroxylation is 1. The summed E-state index contributed by atoms with van der Waals surface area (Å²) in [7, 11) is 1.35. The number of methoxy groups -OCH3 is 1. The van der Waals surface area contributed by atoms with Gasteiger partial charge in [0.25, 0.3) is 0 Å². The van der Waals surface area contributed by atoms with Crippen LogP contribution in [0.25, 0.3) is 0 Å². The van der Waals surface area contributed by atoms with Crippen LogP contribution in [0.2, 0.25) is 0 Å².